The Balaban J connectivity index is 5.96. The summed E-state index contributed by atoms with van der Waals surface area (Å²) in [5, 5.41) is 34.6. The maximum atomic E-state index is 13.7. The third-order valence-electron chi connectivity index (χ3n) is 8.22. The minimum Gasteiger partial charge on any atom is -0.480 e. The van der Waals surface area contributed by atoms with Crippen LogP contribution in [0.25, 0.3) is 0 Å². The van der Waals surface area contributed by atoms with Crippen molar-refractivity contribution in [2.24, 2.45) is 22.9 Å². The Morgan fingerprint density at radius 1 is 0.527 bits per heavy atom. The van der Waals surface area contributed by atoms with Crippen molar-refractivity contribution in [1.82, 2.24) is 31.9 Å². The van der Waals surface area contributed by atoms with Crippen LogP contribution in [0.3, 0.4) is 0 Å². The van der Waals surface area contributed by atoms with Crippen LogP contribution < -0.4 is 54.8 Å². The molecule has 0 heterocycles. The molecule has 20 heteroatoms. The topological polar surface area (TPSA) is 345 Å². The molecule has 318 valence electrons. The molecule has 0 aromatic carbocycles. The average Bonchev–Trinajstić information content (AvgIpc) is 3.13. The lowest BCUT2D eigenvalue weighted by Crippen LogP contribution is -2.59. The first-order valence-corrected chi connectivity index (χ1v) is 19.1. The Morgan fingerprint density at radius 2 is 0.873 bits per heavy atom. The zero-order chi connectivity index (χ0) is 41.8. The van der Waals surface area contributed by atoms with Crippen LogP contribution in [-0.2, 0) is 38.3 Å². The molecule has 0 aliphatic heterocycles. The minimum absolute atomic E-state index is 0.0900. The number of carbonyl (C=O) groups excluding carboxylic acids is 6. The number of carbonyl (C=O) groups is 7. The maximum Gasteiger partial charge on any atom is 0.326 e. The highest BCUT2D eigenvalue weighted by Crippen LogP contribution is 2.10. The number of carboxylic acid groups (broad SMARTS) is 1. The van der Waals surface area contributed by atoms with E-state index in [1.165, 1.54) is 0 Å². The predicted molar refractivity (Wildman–Crippen MR) is 205 cm³/mol. The molecule has 16 N–H and O–H groups in total. The van der Waals surface area contributed by atoms with E-state index in [1.54, 1.807) is 20.8 Å². The summed E-state index contributed by atoms with van der Waals surface area (Å²) in [5.41, 5.74) is 21.9. The highest BCUT2D eigenvalue weighted by molar-refractivity contribution is 5.96. The first kappa shape index (κ1) is 51.0. The molecule has 0 aromatic rings. The van der Waals surface area contributed by atoms with Gasteiger partial charge in [0.05, 0.1) is 18.8 Å². The lowest BCUT2D eigenvalue weighted by molar-refractivity contribution is -0.142. The van der Waals surface area contributed by atoms with E-state index >= 15 is 0 Å². The molecule has 0 rings (SSSR count). The fourth-order valence-electron chi connectivity index (χ4n) is 5.08. The summed E-state index contributed by atoms with van der Waals surface area (Å²) in [4.78, 5) is 90.3. The van der Waals surface area contributed by atoms with Crippen molar-refractivity contribution < 1.29 is 48.5 Å². The first-order chi connectivity index (χ1) is 26.0. The molecule has 55 heavy (non-hydrogen) atoms. The van der Waals surface area contributed by atoms with Crippen LogP contribution >= 0.6 is 0 Å². The Hall–Kier alpha value is -3.95. The van der Waals surface area contributed by atoms with Crippen molar-refractivity contribution in [2.45, 2.75) is 134 Å². The molecule has 0 saturated carbocycles. The first-order valence-electron chi connectivity index (χ1n) is 19.1. The molecule has 0 aliphatic rings. The SMILES string of the molecule is CC(C)(C)OCC(=O)NCC(=O)N[C@@H](CO)C(=O)N[C@@H](CCCCN)C(=O)N[C@@H](CCCCN)C(=O)N[C@@H](CCCCN)C(=O)N[C@@H](CCCCN)C(=O)O. The predicted octanol–water partition coefficient (Wildman–Crippen LogP) is -3.07. The van der Waals surface area contributed by atoms with Gasteiger partial charge in [-0.15, -0.1) is 0 Å². The standard InChI is InChI=1S/C35H68N10O10/c1-35(2,3)55-22-29(48)40-20-28(47)41-27(21-46)33(52)44-24(13-5-9-17-37)31(50)42-23(12-4-8-16-36)30(49)43-25(14-6-10-18-38)32(51)45-26(34(53)54)15-7-11-19-39/h23-27,46H,4-22,36-39H2,1-3H3,(H,40,48)(H,41,47)(H,42,50)(H,43,49)(H,44,52)(H,45,51)(H,53,54)/t23-,24-,25-,26-,27-/m0/s1. The van der Waals surface area contributed by atoms with Crippen molar-refractivity contribution in [3.05, 3.63) is 0 Å². The van der Waals surface area contributed by atoms with Gasteiger partial charge in [-0.1, -0.05) is 0 Å². The van der Waals surface area contributed by atoms with E-state index in [4.69, 9.17) is 27.7 Å². The second kappa shape index (κ2) is 29.4. The molecule has 0 unspecified atom stereocenters. The number of hydrogen-bond donors (Lipinski definition) is 12. The van der Waals surface area contributed by atoms with Crippen LogP contribution in [0.15, 0.2) is 0 Å². The van der Waals surface area contributed by atoms with E-state index in [0.717, 1.165) is 0 Å². The van der Waals surface area contributed by atoms with Crippen LogP contribution in [0.1, 0.15) is 97.8 Å². The number of ether oxygens (including phenoxy) is 1. The number of unbranched alkanes of at least 4 members (excludes halogenated alkanes) is 4. The van der Waals surface area contributed by atoms with Gasteiger partial charge in [-0.2, -0.15) is 0 Å². The number of aliphatic hydroxyl groups is 1. The third kappa shape index (κ3) is 24.2. The van der Waals surface area contributed by atoms with Gasteiger partial charge in [0.15, 0.2) is 0 Å². The highest BCUT2D eigenvalue weighted by atomic mass is 16.5. The Morgan fingerprint density at radius 3 is 1.20 bits per heavy atom. The van der Waals surface area contributed by atoms with Crippen molar-refractivity contribution >= 4 is 41.4 Å². The highest BCUT2D eigenvalue weighted by Gasteiger charge is 2.32. The van der Waals surface area contributed by atoms with Crippen molar-refractivity contribution in [3.63, 3.8) is 0 Å². The van der Waals surface area contributed by atoms with E-state index in [0.29, 0.717) is 77.5 Å². The van der Waals surface area contributed by atoms with Crippen LogP contribution in [0.4, 0.5) is 0 Å². The summed E-state index contributed by atoms with van der Waals surface area (Å²) in [6.45, 7) is 4.95. The molecular weight excluding hydrogens is 720 g/mol. The average molecular weight is 789 g/mol. The lowest BCUT2D eigenvalue weighted by atomic mass is 10.0. The summed E-state index contributed by atoms with van der Waals surface area (Å²) in [7, 11) is 0. The van der Waals surface area contributed by atoms with Crippen molar-refractivity contribution in [2.75, 3.05) is 45.9 Å². The summed E-state index contributed by atoms with van der Waals surface area (Å²) in [6, 6.07) is -6.24. The fraction of sp³-hybridized carbons (Fsp3) is 0.800. The molecule has 5 atom stereocenters. The Kier molecular flexibility index (Phi) is 27.2. The Labute approximate surface area is 324 Å². The summed E-state index contributed by atoms with van der Waals surface area (Å²) in [6.07, 6.45) is 4.35. The van der Waals surface area contributed by atoms with Gasteiger partial charge < -0.3 is 69.8 Å². The molecule has 0 radical (unpaired) electrons. The number of nitrogens with one attached hydrogen (secondary N) is 6. The van der Waals surface area contributed by atoms with Gasteiger partial charge in [-0.25, -0.2) is 4.79 Å². The number of rotatable bonds is 31. The van der Waals surface area contributed by atoms with Crippen LogP contribution in [-0.4, -0.2) is 133 Å². The number of amides is 6. The minimum atomic E-state index is -1.48. The monoisotopic (exact) mass is 789 g/mol. The zero-order valence-electron chi connectivity index (χ0n) is 32.8. The number of aliphatic carboxylic acids is 1. The fourth-order valence-corrected chi connectivity index (χ4v) is 5.08. The summed E-state index contributed by atoms with van der Waals surface area (Å²) in [5.74, 6) is -5.65. The quantitative estimate of drug-likeness (QED) is 0.0311. The van der Waals surface area contributed by atoms with E-state index < -0.39 is 90.4 Å². The molecule has 0 aromatic heterocycles. The van der Waals surface area contributed by atoms with Gasteiger partial charge in [-0.05, 0) is 124 Å². The second-order valence-corrected chi connectivity index (χ2v) is 14.2. The molecule has 0 bridgehead atoms. The normalized spacial score (nSPS) is 14.0. The smallest absolute Gasteiger partial charge is 0.326 e. The molecule has 0 fully saturated rings. The van der Waals surface area contributed by atoms with E-state index in [-0.39, 0.29) is 32.3 Å². The van der Waals surface area contributed by atoms with Gasteiger partial charge >= 0.3 is 5.97 Å². The Bertz CT molecular complexity index is 1190. The number of hydrogen-bond acceptors (Lipinski definition) is 13. The number of nitrogens with two attached hydrogens (primary N) is 4. The second-order valence-electron chi connectivity index (χ2n) is 14.2. The van der Waals surface area contributed by atoms with Crippen molar-refractivity contribution in [3.8, 4) is 0 Å². The number of carboxylic acids is 1. The van der Waals surface area contributed by atoms with Gasteiger partial charge in [0.1, 0.15) is 36.8 Å². The van der Waals surface area contributed by atoms with Crippen LogP contribution in [0, 0.1) is 0 Å². The molecule has 0 spiro atoms. The molecule has 0 aliphatic carbocycles. The maximum absolute atomic E-state index is 13.7. The zero-order valence-corrected chi connectivity index (χ0v) is 32.8. The molecule has 0 saturated heterocycles. The summed E-state index contributed by atoms with van der Waals surface area (Å²) < 4.78 is 5.36. The van der Waals surface area contributed by atoms with Crippen molar-refractivity contribution in [1.29, 1.82) is 0 Å². The largest absolute Gasteiger partial charge is 0.480 e. The van der Waals surface area contributed by atoms with Gasteiger partial charge in [0, 0.05) is 0 Å². The van der Waals surface area contributed by atoms with Gasteiger partial charge in [-0.3, -0.25) is 28.8 Å². The van der Waals surface area contributed by atoms with Crippen LogP contribution in [0.5, 0.6) is 0 Å². The van der Waals surface area contributed by atoms with E-state index in [1.807, 2.05) is 0 Å². The van der Waals surface area contributed by atoms with E-state index in [2.05, 4.69) is 31.9 Å². The van der Waals surface area contributed by atoms with E-state index in [9.17, 15) is 43.8 Å². The molecular formula is C35H68N10O10. The third-order valence-corrected chi connectivity index (χ3v) is 8.22. The van der Waals surface area contributed by atoms with Gasteiger partial charge in [0.2, 0.25) is 35.4 Å². The summed E-state index contributed by atoms with van der Waals surface area (Å²) >= 11 is 0. The van der Waals surface area contributed by atoms with Gasteiger partial charge in [0.25, 0.3) is 0 Å². The lowest BCUT2D eigenvalue weighted by Gasteiger charge is -2.27. The molecule has 20 nitrogen and oxygen atoms in total. The molecule has 6 amide bonds. The van der Waals surface area contributed by atoms with Crippen LogP contribution in [0.2, 0.25) is 0 Å². The number of aliphatic hydroxyl groups excluding tert-OH is 1.